The fourth-order valence-corrected chi connectivity index (χ4v) is 4.21. The zero-order chi connectivity index (χ0) is 22.8. The van der Waals surface area contributed by atoms with Crippen molar-refractivity contribution < 1.29 is 9.18 Å². The van der Waals surface area contributed by atoms with Gasteiger partial charge in [0, 0.05) is 50.8 Å². The van der Waals surface area contributed by atoms with Crippen molar-refractivity contribution in [2.24, 2.45) is 0 Å². The molecule has 0 saturated carbocycles. The Bertz CT molecular complexity index is 1140. The highest BCUT2D eigenvalue weighted by Crippen LogP contribution is 2.34. The maximum atomic E-state index is 13.7. The summed E-state index contributed by atoms with van der Waals surface area (Å²) in [6.07, 6.45) is 6.80. The molecule has 2 amide bonds. The van der Waals surface area contributed by atoms with Gasteiger partial charge in [-0.15, -0.1) is 0 Å². The van der Waals surface area contributed by atoms with Gasteiger partial charge in [0.2, 0.25) is 0 Å². The normalized spacial score (nSPS) is 18.1. The minimum atomic E-state index is -0.821. The van der Waals surface area contributed by atoms with Crippen molar-refractivity contribution in [3.05, 3.63) is 49.1 Å². The maximum absolute atomic E-state index is 13.7. The van der Waals surface area contributed by atoms with Crippen LogP contribution in [-0.2, 0) is 0 Å². The molecule has 9 nitrogen and oxygen atoms in total. The number of nitrogens with one attached hydrogen (secondary N) is 1. The van der Waals surface area contributed by atoms with Gasteiger partial charge in [0.15, 0.2) is 11.6 Å². The van der Waals surface area contributed by atoms with Crippen LogP contribution in [0.4, 0.5) is 32.3 Å². The SMILES string of the molecule is CN1CCCN(C(=O)Nc2cnccn2)c2nc(-c3ccnc(N4CC[C@H](F)C4)c3)ccc21. The monoisotopic (exact) mass is 448 g/mol. The molecule has 0 aromatic carbocycles. The molecule has 170 valence electrons. The fraction of sp³-hybridized carbons (Fsp3) is 0.348. The summed E-state index contributed by atoms with van der Waals surface area (Å²) >= 11 is 0. The summed E-state index contributed by atoms with van der Waals surface area (Å²) in [6, 6.07) is 7.43. The van der Waals surface area contributed by atoms with E-state index in [2.05, 4.69) is 25.2 Å². The summed E-state index contributed by atoms with van der Waals surface area (Å²) in [6.45, 7) is 2.33. The predicted octanol–water partition coefficient (Wildman–Crippen LogP) is 3.36. The molecule has 1 atom stereocenters. The van der Waals surface area contributed by atoms with Crippen LogP contribution in [0.25, 0.3) is 11.3 Å². The fourth-order valence-electron chi connectivity index (χ4n) is 4.21. The first-order chi connectivity index (χ1) is 16.1. The van der Waals surface area contributed by atoms with Crippen LogP contribution in [0.2, 0.25) is 0 Å². The molecule has 3 aromatic heterocycles. The molecule has 0 bridgehead atoms. The van der Waals surface area contributed by atoms with E-state index in [0.717, 1.165) is 35.7 Å². The Balaban J connectivity index is 1.48. The lowest BCUT2D eigenvalue weighted by molar-refractivity contribution is 0.256. The van der Waals surface area contributed by atoms with Gasteiger partial charge < -0.3 is 9.80 Å². The number of halogens is 1. The van der Waals surface area contributed by atoms with Crippen LogP contribution >= 0.6 is 0 Å². The lowest BCUT2D eigenvalue weighted by Gasteiger charge is -2.24. The van der Waals surface area contributed by atoms with Crippen molar-refractivity contribution in [3.63, 3.8) is 0 Å². The standard InChI is InChI=1S/C23H25FN8O/c1-30-10-2-11-32(23(33)29-20-14-25-8-9-26-20)22-19(30)4-3-18(28-22)16-5-7-27-21(13-16)31-12-6-17(24)15-31/h3-5,7-9,13-14,17H,2,6,10-12,15H2,1H3,(H,26,29,33)/t17-/m0/s1. The second-order valence-corrected chi connectivity index (χ2v) is 8.22. The summed E-state index contributed by atoms with van der Waals surface area (Å²) < 4.78 is 13.7. The Hall–Kier alpha value is -3.82. The average Bonchev–Trinajstić information content (AvgIpc) is 3.21. The van der Waals surface area contributed by atoms with Gasteiger partial charge in [-0.05, 0) is 37.1 Å². The molecule has 33 heavy (non-hydrogen) atoms. The lowest BCUT2D eigenvalue weighted by Crippen LogP contribution is -2.36. The average molecular weight is 449 g/mol. The van der Waals surface area contributed by atoms with Crippen molar-refractivity contribution in [2.75, 3.05) is 53.2 Å². The Morgan fingerprint density at radius 1 is 1.12 bits per heavy atom. The molecule has 0 unspecified atom stereocenters. The molecule has 5 heterocycles. The van der Waals surface area contributed by atoms with Crippen molar-refractivity contribution in [1.82, 2.24) is 19.9 Å². The van der Waals surface area contributed by atoms with Crippen LogP contribution in [0, 0.1) is 0 Å². The first-order valence-corrected chi connectivity index (χ1v) is 11.0. The van der Waals surface area contributed by atoms with Crippen LogP contribution in [0.15, 0.2) is 49.1 Å². The number of hydrogen-bond donors (Lipinski definition) is 1. The quantitative estimate of drug-likeness (QED) is 0.657. The van der Waals surface area contributed by atoms with E-state index >= 15 is 0 Å². The second-order valence-electron chi connectivity index (χ2n) is 8.22. The number of hydrogen-bond acceptors (Lipinski definition) is 7. The maximum Gasteiger partial charge on any atom is 0.328 e. The second kappa shape index (κ2) is 8.97. The van der Waals surface area contributed by atoms with E-state index in [-0.39, 0.29) is 6.03 Å². The Morgan fingerprint density at radius 3 is 2.82 bits per heavy atom. The Labute approximate surface area is 191 Å². The van der Waals surface area contributed by atoms with Gasteiger partial charge in [0.1, 0.15) is 12.0 Å². The minimum Gasteiger partial charge on any atom is -0.372 e. The van der Waals surface area contributed by atoms with Crippen LogP contribution < -0.4 is 20.0 Å². The summed E-state index contributed by atoms with van der Waals surface area (Å²) in [4.78, 5) is 36.3. The van der Waals surface area contributed by atoms with Crippen molar-refractivity contribution in [1.29, 1.82) is 0 Å². The summed E-state index contributed by atoms with van der Waals surface area (Å²) in [5.74, 6) is 1.70. The molecule has 5 rings (SSSR count). The highest BCUT2D eigenvalue weighted by molar-refractivity contribution is 6.02. The zero-order valence-corrected chi connectivity index (χ0v) is 18.4. The highest BCUT2D eigenvalue weighted by atomic mass is 19.1. The molecule has 0 aliphatic carbocycles. The minimum absolute atomic E-state index is 0.307. The zero-order valence-electron chi connectivity index (χ0n) is 18.4. The van der Waals surface area contributed by atoms with Crippen molar-refractivity contribution >= 4 is 29.2 Å². The number of carbonyl (C=O) groups excluding carboxylic acids is 1. The molecular weight excluding hydrogens is 423 g/mol. The van der Waals surface area contributed by atoms with E-state index in [1.807, 2.05) is 36.2 Å². The number of urea groups is 1. The number of aromatic nitrogens is 4. The van der Waals surface area contributed by atoms with Crippen LogP contribution in [-0.4, -0.2) is 65.4 Å². The number of pyridine rings is 2. The van der Waals surface area contributed by atoms with Gasteiger partial charge >= 0.3 is 6.03 Å². The molecule has 2 aliphatic rings. The molecule has 2 aliphatic heterocycles. The topological polar surface area (TPSA) is 90.4 Å². The van der Waals surface area contributed by atoms with E-state index in [1.165, 1.54) is 12.4 Å². The Kier molecular flexibility index (Phi) is 5.72. The van der Waals surface area contributed by atoms with Crippen LogP contribution in [0.3, 0.4) is 0 Å². The third-order valence-electron chi connectivity index (χ3n) is 5.94. The van der Waals surface area contributed by atoms with Crippen molar-refractivity contribution in [3.8, 4) is 11.3 Å². The van der Waals surface area contributed by atoms with Crippen LogP contribution in [0.1, 0.15) is 12.8 Å². The summed E-state index contributed by atoms with van der Waals surface area (Å²) in [5.41, 5.74) is 2.46. The summed E-state index contributed by atoms with van der Waals surface area (Å²) in [5, 5.41) is 2.81. The van der Waals surface area contributed by atoms with Gasteiger partial charge in [-0.25, -0.2) is 24.1 Å². The third-order valence-corrected chi connectivity index (χ3v) is 5.94. The number of anilines is 4. The largest absolute Gasteiger partial charge is 0.372 e. The van der Waals surface area contributed by atoms with Gasteiger partial charge in [0.25, 0.3) is 0 Å². The van der Waals surface area contributed by atoms with E-state index < -0.39 is 6.17 Å². The molecule has 3 aromatic rings. The van der Waals surface area contributed by atoms with Crippen molar-refractivity contribution in [2.45, 2.75) is 19.0 Å². The van der Waals surface area contributed by atoms with Gasteiger partial charge in [-0.3, -0.25) is 15.2 Å². The molecule has 0 radical (unpaired) electrons. The molecular formula is C23H25FN8O. The number of fused-ring (bicyclic) bond motifs is 1. The molecule has 10 heteroatoms. The molecule has 1 saturated heterocycles. The smallest absolute Gasteiger partial charge is 0.328 e. The number of nitrogens with zero attached hydrogens (tertiary/aromatic N) is 7. The number of alkyl halides is 1. The van der Waals surface area contributed by atoms with Crippen LogP contribution in [0.5, 0.6) is 0 Å². The molecule has 0 spiro atoms. The number of amides is 2. The van der Waals surface area contributed by atoms with E-state index in [9.17, 15) is 9.18 Å². The predicted molar refractivity (Wildman–Crippen MR) is 125 cm³/mol. The number of rotatable bonds is 3. The highest BCUT2D eigenvalue weighted by Gasteiger charge is 2.27. The van der Waals surface area contributed by atoms with E-state index in [4.69, 9.17) is 4.98 Å². The van der Waals surface area contributed by atoms with E-state index in [1.54, 1.807) is 17.3 Å². The van der Waals surface area contributed by atoms with E-state index in [0.29, 0.717) is 37.7 Å². The van der Waals surface area contributed by atoms with Gasteiger partial charge in [0.05, 0.1) is 24.1 Å². The van der Waals surface area contributed by atoms with Gasteiger partial charge in [-0.1, -0.05) is 0 Å². The molecule has 1 fully saturated rings. The lowest BCUT2D eigenvalue weighted by atomic mass is 10.1. The number of carbonyl (C=O) groups is 1. The van der Waals surface area contributed by atoms with Gasteiger partial charge in [-0.2, -0.15) is 0 Å². The Morgan fingerprint density at radius 2 is 2.03 bits per heavy atom. The first-order valence-electron chi connectivity index (χ1n) is 11.0. The summed E-state index contributed by atoms with van der Waals surface area (Å²) in [7, 11) is 2.00. The first kappa shape index (κ1) is 21.0. The third kappa shape index (κ3) is 4.41. The molecule has 1 N–H and O–H groups in total.